The molecular formula is C19H21N3O3. The molecule has 0 spiro atoms. The standard InChI is InChI=1S/C19H21N3O3/c1-11(18(24)25)12-9-13(19(2,3)4)17(23)16(10-12)22-20-14-7-5-6-8-15(14)21-22/h5-11,23H,1-4H3,(H,24,25). The van der Waals surface area contributed by atoms with Crippen molar-refractivity contribution in [2.24, 2.45) is 0 Å². The van der Waals surface area contributed by atoms with E-state index in [0.717, 1.165) is 0 Å². The lowest BCUT2D eigenvalue weighted by Gasteiger charge is -2.23. The number of phenolic OH excluding ortho intramolecular Hbond substituents is 1. The van der Waals surface area contributed by atoms with Crippen molar-refractivity contribution in [3.8, 4) is 11.4 Å². The minimum absolute atomic E-state index is 0.0640. The van der Waals surface area contributed by atoms with Gasteiger partial charge in [-0.15, -0.1) is 15.0 Å². The smallest absolute Gasteiger partial charge is 0.310 e. The summed E-state index contributed by atoms with van der Waals surface area (Å²) in [5.74, 6) is -1.56. The van der Waals surface area contributed by atoms with E-state index in [1.165, 1.54) is 4.80 Å². The first-order chi connectivity index (χ1) is 11.7. The number of carbonyl (C=O) groups is 1. The molecule has 6 heteroatoms. The summed E-state index contributed by atoms with van der Waals surface area (Å²) < 4.78 is 0. The van der Waals surface area contributed by atoms with Crippen molar-refractivity contribution >= 4 is 17.0 Å². The molecule has 0 amide bonds. The van der Waals surface area contributed by atoms with Gasteiger partial charge in [0.1, 0.15) is 22.5 Å². The Kier molecular flexibility index (Phi) is 3.99. The first-order valence-electron chi connectivity index (χ1n) is 8.11. The molecule has 6 nitrogen and oxygen atoms in total. The number of carboxylic acids is 1. The van der Waals surface area contributed by atoms with Gasteiger partial charge in [-0.2, -0.15) is 0 Å². The average molecular weight is 339 g/mol. The Morgan fingerprint density at radius 3 is 2.16 bits per heavy atom. The second kappa shape index (κ2) is 5.88. The third-order valence-electron chi connectivity index (χ3n) is 4.29. The summed E-state index contributed by atoms with van der Waals surface area (Å²) in [7, 11) is 0. The van der Waals surface area contributed by atoms with E-state index in [-0.39, 0.29) is 11.2 Å². The fourth-order valence-electron chi connectivity index (χ4n) is 2.73. The molecule has 0 saturated carbocycles. The Morgan fingerprint density at radius 1 is 1.12 bits per heavy atom. The van der Waals surface area contributed by atoms with Gasteiger partial charge in [-0.3, -0.25) is 4.79 Å². The van der Waals surface area contributed by atoms with Gasteiger partial charge in [0.2, 0.25) is 0 Å². The van der Waals surface area contributed by atoms with Gasteiger partial charge in [0.25, 0.3) is 0 Å². The predicted octanol–water partition coefficient (Wildman–Crippen LogP) is 3.61. The van der Waals surface area contributed by atoms with Gasteiger partial charge in [0.05, 0.1) is 5.92 Å². The van der Waals surface area contributed by atoms with Crippen molar-refractivity contribution in [2.45, 2.75) is 39.0 Å². The van der Waals surface area contributed by atoms with E-state index in [2.05, 4.69) is 10.2 Å². The lowest BCUT2D eigenvalue weighted by atomic mass is 9.83. The van der Waals surface area contributed by atoms with Gasteiger partial charge in [-0.25, -0.2) is 0 Å². The zero-order chi connectivity index (χ0) is 18.4. The topological polar surface area (TPSA) is 88.2 Å². The molecule has 1 heterocycles. The number of aromatic nitrogens is 3. The SMILES string of the molecule is CC(C(=O)O)c1cc(-n2nc3ccccc3n2)c(O)c(C(C)(C)C)c1. The van der Waals surface area contributed by atoms with E-state index in [4.69, 9.17) is 0 Å². The normalized spacial score (nSPS) is 13.1. The fourth-order valence-corrected chi connectivity index (χ4v) is 2.73. The predicted molar refractivity (Wildman–Crippen MR) is 95.3 cm³/mol. The summed E-state index contributed by atoms with van der Waals surface area (Å²) in [6.07, 6.45) is 0. The number of hydrogen-bond donors (Lipinski definition) is 2. The number of phenols is 1. The first kappa shape index (κ1) is 17.0. The summed E-state index contributed by atoms with van der Waals surface area (Å²) in [4.78, 5) is 12.8. The van der Waals surface area contributed by atoms with Crippen LogP contribution < -0.4 is 0 Å². The molecule has 0 saturated heterocycles. The minimum Gasteiger partial charge on any atom is -0.505 e. The van der Waals surface area contributed by atoms with E-state index in [0.29, 0.717) is 27.8 Å². The van der Waals surface area contributed by atoms with Crippen molar-refractivity contribution in [3.05, 3.63) is 47.5 Å². The molecule has 1 unspecified atom stereocenters. The number of fused-ring (bicyclic) bond motifs is 1. The van der Waals surface area contributed by atoms with E-state index >= 15 is 0 Å². The fraction of sp³-hybridized carbons (Fsp3) is 0.316. The Bertz CT molecular complexity index is 921. The minimum atomic E-state index is -0.921. The molecular weight excluding hydrogens is 318 g/mol. The second-order valence-corrected chi connectivity index (χ2v) is 7.22. The molecule has 3 rings (SSSR count). The van der Waals surface area contributed by atoms with Crippen molar-refractivity contribution in [1.29, 1.82) is 0 Å². The Labute approximate surface area is 145 Å². The average Bonchev–Trinajstić information content (AvgIpc) is 2.96. The number of carboxylic acid groups (broad SMARTS) is 1. The Hall–Kier alpha value is -2.89. The molecule has 2 N–H and O–H groups in total. The number of aromatic hydroxyl groups is 1. The first-order valence-corrected chi connectivity index (χ1v) is 8.11. The van der Waals surface area contributed by atoms with Crippen LogP contribution in [0.15, 0.2) is 36.4 Å². The number of hydrogen-bond acceptors (Lipinski definition) is 4. The Balaban J connectivity index is 2.27. The molecule has 1 atom stereocenters. The monoisotopic (exact) mass is 339 g/mol. The van der Waals surface area contributed by atoms with Crippen molar-refractivity contribution in [1.82, 2.24) is 15.0 Å². The van der Waals surface area contributed by atoms with Crippen molar-refractivity contribution in [2.75, 3.05) is 0 Å². The van der Waals surface area contributed by atoms with Crippen LogP contribution in [0.5, 0.6) is 5.75 Å². The largest absolute Gasteiger partial charge is 0.505 e. The van der Waals surface area contributed by atoms with Gasteiger partial charge in [-0.05, 0) is 36.1 Å². The molecule has 0 fully saturated rings. The number of aliphatic carboxylic acids is 1. The number of benzene rings is 2. The van der Waals surface area contributed by atoms with Gasteiger partial charge < -0.3 is 10.2 Å². The van der Waals surface area contributed by atoms with Crippen LogP contribution in [0.4, 0.5) is 0 Å². The van der Waals surface area contributed by atoms with E-state index in [1.807, 2.05) is 45.0 Å². The van der Waals surface area contributed by atoms with E-state index in [9.17, 15) is 15.0 Å². The summed E-state index contributed by atoms with van der Waals surface area (Å²) in [6, 6.07) is 10.8. The highest BCUT2D eigenvalue weighted by Gasteiger charge is 2.26. The molecule has 1 aromatic heterocycles. The van der Waals surface area contributed by atoms with Gasteiger partial charge in [-0.1, -0.05) is 39.0 Å². The molecule has 0 bridgehead atoms. The third-order valence-corrected chi connectivity index (χ3v) is 4.29. The zero-order valence-electron chi connectivity index (χ0n) is 14.7. The summed E-state index contributed by atoms with van der Waals surface area (Å²) in [5.41, 5.74) is 2.69. The zero-order valence-corrected chi connectivity index (χ0v) is 14.7. The highest BCUT2D eigenvalue weighted by atomic mass is 16.4. The lowest BCUT2D eigenvalue weighted by molar-refractivity contribution is -0.138. The molecule has 0 aliphatic carbocycles. The van der Waals surface area contributed by atoms with Gasteiger partial charge in [0.15, 0.2) is 0 Å². The number of nitrogens with zero attached hydrogens (tertiary/aromatic N) is 3. The van der Waals surface area contributed by atoms with Crippen molar-refractivity contribution in [3.63, 3.8) is 0 Å². The molecule has 0 radical (unpaired) electrons. The van der Waals surface area contributed by atoms with E-state index in [1.54, 1.807) is 19.1 Å². The molecule has 0 aliphatic heterocycles. The third kappa shape index (κ3) is 3.07. The second-order valence-electron chi connectivity index (χ2n) is 7.22. The molecule has 0 aliphatic rings. The highest BCUT2D eigenvalue weighted by molar-refractivity contribution is 5.77. The van der Waals surface area contributed by atoms with Crippen LogP contribution in [-0.4, -0.2) is 31.2 Å². The quantitative estimate of drug-likeness (QED) is 0.761. The Morgan fingerprint density at radius 2 is 1.68 bits per heavy atom. The summed E-state index contributed by atoms with van der Waals surface area (Å²) in [5, 5.41) is 29.0. The van der Waals surface area contributed by atoms with Gasteiger partial charge in [0, 0.05) is 5.56 Å². The van der Waals surface area contributed by atoms with Crippen LogP contribution in [0.3, 0.4) is 0 Å². The van der Waals surface area contributed by atoms with Crippen LogP contribution in [0.25, 0.3) is 16.7 Å². The molecule has 130 valence electrons. The van der Waals surface area contributed by atoms with Gasteiger partial charge >= 0.3 is 5.97 Å². The van der Waals surface area contributed by atoms with E-state index < -0.39 is 11.9 Å². The highest BCUT2D eigenvalue weighted by Crippen LogP contribution is 2.37. The van der Waals surface area contributed by atoms with Crippen LogP contribution >= 0.6 is 0 Å². The molecule has 2 aromatic carbocycles. The molecule has 3 aromatic rings. The maximum atomic E-state index is 11.4. The van der Waals surface area contributed by atoms with Crippen LogP contribution in [0.1, 0.15) is 44.7 Å². The van der Waals surface area contributed by atoms with Crippen LogP contribution in [0.2, 0.25) is 0 Å². The summed E-state index contributed by atoms with van der Waals surface area (Å²) in [6.45, 7) is 7.52. The molecule has 25 heavy (non-hydrogen) atoms. The van der Waals surface area contributed by atoms with Crippen LogP contribution in [-0.2, 0) is 10.2 Å². The number of rotatable bonds is 3. The summed E-state index contributed by atoms with van der Waals surface area (Å²) >= 11 is 0. The van der Waals surface area contributed by atoms with Crippen molar-refractivity contribution < 1.29 is 15.0 Å². The maximum absolute atomic E-state index is 11.4. The maximum Gasteiger partial charge on any atom is 0.310 e. The van der Waals surface area contributed by atoms with Crippen LogP contribution in [0, 0.1) is 0 Å². The lowest BCUT2D eigenvalue weighted by Crippen LogP contribution is -2.16.